The van der Waals surface area contributed by atoms with Gasteiger partial charge in [0, 0.05) is 5.56 Å². The lowest BCUT2D eigenvalue weighted by molar-refractivity contribution is 0.100. The lowest BCUT2D eigenvalue weighted by Crippen LogP contribution is -2.09. The number of halogens is 1. The molecule has 1 radical (unpaired) electrons. The van der Waals surface area contributed by atoms with Gasteiger partial charge in [0.15, 0.2) is 5.78 Å². The Labute approximate surface area is 79.3 Å². The Balaban J connectivity index is 2.90. The number of aromatic hydroxyl groups is 1. The first-order valence-corrected chi connectivity index (χ1v) is 4.33. The van der Waals surface area contributed by atoms with Crippen LogP contribution in [0.5, 0.6) is 5.75 Å². The highest BCUT2D eigenvalue weighted by Crippen LogP contribution is 2.13. The molecule has 0 spiro atoms. The fourth-order valence-corrected chi connectivity index (χ4v) is 1.07. The molecule has 1 aromatic carbocycles. The normalized spacial score (nSPS) is 12.5. The number of ketones is 1. The van der Waals surface area contributed by atoms with Crippen molar-refractivity contribution < 1.29 is 9.90 Å². The molecule has 0 heterocycles. The van der Waals surface area contributed by atoms with Crippen molar-refractivity contribution in [3.05, 3.63) is 36.8 Å². The summed E-state index contributed by atoms with van der Waals surface area (Å²) in [6, 6.07) is 6.08. The van der Waals surface area contributed by atoms with E-state index < -0.39 is 4.83 Å². The maximum Gasteiger partial charge on any atom is 0.176 e. The molecule has 0 saturated heterocycles. The van der Waals surface area contributed by atoms with E-state index in [0.717, 1.165) is 0 Å². The standard InChI is InChI=1S/C9H8BrO2/c1-6(10)9(12)7-2-4-8(11)5-3-7/h2-6,11H,1H2. The van der Waals surface area contributed by atoms with E-state index in [-0.39, 0.29) is 11.5 Å². The first-order chi connectivity index (χ1) is 5.61. The molecular weight excluding hydrogens is 220 g/mol. The van der Waals surface area contributed by atoms with Crippen LogP contribution in [-0.4, -0.2) is 15.7 Å². The van der Waals surface area contributed by atoms with Gasteiger partial charge >= 0.3 is 0 Å². The SMILES string of the molecule is [CH2]C(Br)C(=O)c1ccc(O)cc1. The molecule has 0 fully saturated rings. The molecule has 0 saturated carbocycles. The first-order valence-electron chi connectivity index (χ1n) is 3.41. The second-order valence-corrected chi connectivity index (χ2v) is 3.48. The molecule has 1 N–H and O–H groups in total. The number of alkyl halides is 1. The molecule has 1 aromatic rings. The summed E-state index contributed by atoms with van der Waals surface area (Å²) in [7, 11) is 0. The Bertz CT molecular complexity index is 277. The maximum atomic E-state index is 11.3. The van der Waals surface area contributed by atoms with E-state index in [4.69, 9.17) is 5.11 Å². The van der Waals surface area contributed by atoms with Gasteiger partial charge in [-0.3, -0.25) is 4.79 Å². The Kier molecular flexibility index (Phi) is 2.87. The van der Waals surface area contributed by atoms with Crippen molar-refractivity contribution in [1.82, 2.24) is 0 Å². The fourth-order valence-electron chi connectivity index (χ4n) is 0.807. The minimum Gasteiger partial charge on any atom is -0.508 e. The second-order valence-electron chi connectivity index (χ2n) is 2.38. The summed E-state index contributed by atoms with van der Waals surface area (Å²) in [4.78, 5) is 10.8. The zero-order valence-corrected chi connectivity index (χ0v) is 7.91. The lowest BCUT2D eigenvalue weighted by Gasteiger charge is -2.01. The topological polar surface area (TPSA) is 37.3 Å². The number of benzene rings is 1. The number of phenolic OH excluding ortho intramolecular Hbond substituents is 1. The Morgan fingerprint density at radius 2 is 1.92 bits per heavy atom. The van der Waals surface area contributed by atoms with Crippen LogP contribution in [0.3, 0.4) is 0 Å². The molecule has 0 amide bonds. The van der Waals surface area contributed by atoms with Crippen molar-refractivity contribution in [2.24, 2.45) is 0 Å². The third kappa shape index (κ3) is 2.08. The van der Waals surface area contributed by atoms with Gasteiger partial charge in [-0.25, -0.2) is 0 Å². The predicted octanol–water partition coefficient (Wildman–Crippen LogP) is 2.17. The summed E-state index contributed by atoms with van der Waals surface area (Å²) >= 11 is 3.07. The molecule has 3 heteroatoms. The van der Waals surface area contributed by atoms with Crippen molar-refractivity contribution in [3.63, 3.8) is 0 Å². The minimum absolute atomic E-state index is 0.0880. The van der Waals surface area contributed by atoms with Crippen molar-refractivity contribution in [1.29, 1.82) is 0 Å². The van der Waals surface area contributed by atoms with E-state index in [1.54, 1.807) is 12.1 Å². The number of phenols is 1. The van der Waals surface area contributed by atoms with Gasteiger partial charge in [-0.05, 0) is 31.2 Å². The van der Waals surface area contributed by atoms with Crippen molar-refractivity contribution in [3.8, 4) is 5.75 Å². The van der Waals surface area contributed by atoms with Crippen LogP contribution in [0.15, 0.2) is 24.3 Å². The molecular formula is C9H8BrO2. The molecule has 63 valence electrons. The third-order valence-electron chi connectivity index (χ3n) is 1.44. The zero-order valence-electron chi connectivity index (χ0n) is 6.33. The minimum atomic E-state index is -0.429. The summed E-state index contributed by atoms with van der Waals surface area (Å²) in [6.45, 7) is 3.54. The van der Waals surface area contributed by atoms with Crippen LogP contribution < -0.4 is 0 Å². The Hall–Kier alpha value is -0.830. The smallest absolute Gasteiger partial charge is 0.176 e. The maximum absolute atomic E-state index is 11.3. The van der Waals surface area contributed by atoms with E-state index in [1.165, 1.54) is 12.1 Å². The van der Waals surface area contributed by atoms with Crippen LogP contribution in [0, 0.1) is 6.92 Å². The summed E-state index contributed by atoms with van der Waals surface area (Å²) in [5.74, 6) is 0.0664. The molecule has 0 aliphatic carbocycles. The zero-order chi connectivity index (χ0) is 9.14. The molecule has 1 unspecified atom stereocenters. The quantitative estimate of drug-likeness (QED) is 0.622. The van der Waals surface area contributed by atoms with Gasteiger partial charge in [0.25, 0.3) is 0 Å². The van der Waals surface area contributed by atoms with Crippen LogP contribution in [0.25, 0.3) is 0 Å². The Morgan fingerprint density at radius 1 is 1.42 bits per heavy atom. The van der Waals surface area contributed by atoms with Gasteiger partial charge in [-0.15, -0.1) is 0 Å². The second kappa shape index (κ2) is 3.72. The average molecular weight is 228 g/mol. The monoisotopic (exact) mass is 227 g/mol. The molecule has 1 rings (SSSR count). The third-order valence-corrected chi connectivity index (χ3v) is 1.85. The van der Waals surface area contributed by atoms with Gasteiger partial charge in [0.05, 0.1) is 4.83 Å². The van der Waals surface area contributed by atoms with Crippen LogP contribution in [0.1, 0.15) is 10.4 Å². The average Bonchev–Trinajstić information content (AvgIpc) is 2.04. The van der Waals surface area contributed by atoms with E-state index in [9.17, 15) is 4.79 Å². The van der Waals surface area contributed by atoms with E-state index >= 15 is 0 Å². The van der Waals surface area contributed by atoms with Gasteiger partial charge in [0.1, 0.15) is 5.75 Å². The highest BCUT2D eigenvalue weighted by Gasteiger charge is 2.10. The number of carbonyl (C=O) groups excluding carboxylic acids is 1. The van der Waals surface area contributed by atoms with Crippen LogP contribution >= 0.6 is 15.9 Å². The van der Waals surface area contributed by atoms with Crippen LogP contribution in [0.4, 0.5) is 0 Å². The largest absolute Gasteiger partial charge is 0.508 e. The summed E-state index contributed by atoms with van der Waals surface area (Å²) in [5.41, 5.74) is 0.546. The molecule has 2 nitrogen and oxygen atoms in total. The Morgan fingerprint density at radius 3 is 2.33 bits per heavy atom. The molecule has 1 atom stereocenters. The molecule has 0 aromatic heterocycles. The number of hydrogen-bond acceptors (Lipinski definition) is 2. The van der Waals surface area contributed by atoms with Crippen molar-refractivity contribution in [2.75, 3.05) is 0 Å². The number of rotatable bonds is 2. The summed E-state index contributed by atoms with van der Waals surface area (Å²) in [5, 5.41) is 8.94. The van der Waals surface area contributed by atoms with Gasteiger partial charge in [0.2, 0.25) is 0 Å². The highest BCUT2D eigenvalue weighted by molar-refractivity contribution is 9.10. The van der Waals surface area contributed by atoms with Gasteiger partial charge in [-0.2, -0.15) is 0 Å². The van der Waals surface area contributed by atoms with Crippen LogP contribution in [0.2, 0.25) is 0 Å². The van der Waals surface area contributed by atoms with Gasteiger partial charge < -0.3 is 5.11 Å². The molecule has 0 aliphatic heterocycles. The van der Waals surface area contributed by atoms with E-state index in [0.29, 0.717) is 5.56 Å². The van der Waals surface area contributed by atoms with Gasteiger partial charge in [-0.1, -0.05) is 15.9 Å². The lowest BCUT2D eigenvalue weighted by atomic mass is 10.1. The summed E-state index contributed by atoms with van der Waals surface area (Å²) < 4.78 is 0. The molecule has 12 heavy (non-hydrogen) atoms. The summed E-state index contributed by atoms with van der Waals surface area (Å²) in [6.07, 6.45) is 0. The number of Topliss-reactive ketones (excluding diaryl/α,β-unsaturated/α-hetero) is 1. The molecule has 0 aliphatic rings. The van der Waals surface area contributed by atoms with E-state index in [1.807, 2.05) is 0 Å². The number of hydrogen-bond donors (Lipinski definition) is 1. The van der Waals surface area contributed by atoms with E-state index in [2.05, 4.69) is 22.9 Å². The fraction of sp³-hybridized carbons (Fsp3) is 0.111. The molecule has 0 bridgehead atoms. The van der Waals surface area contributed by atoms with Crippen molar-refractivity contribution in [2.45, 2.75) is 4.83 Å². The van der Waals surface area contributed by atoms with Crippen molar-refractivity contribution >= 4 is 21.7 Å². The first kappa shape index (κ1) is 9.26. The predicted molar refractivity (Wildman–Crippen MR) is 50.5 cm³/mol. The number of carbonyl (C=O) groups is 1. The van der Waals surface area contributed by atoms with Crippen LogP contribution in [-0.2, 0) is 0 Å². The highest BCUT2D eigenvalue weighted by atomic mass is 79.9.